The molecule has 2 aromatic heterocycles. The summed E-state index contributed by atoms with van der Waals surface area (Å²) >= 11 is 0. The number of aromatic nitrogens is 2. The molecule has 2 heterocycles. The normalized spacial score (nSPS) is 11.3. The number of nitrogens with zero attached hydrogens (tertiary/aromatic N) is 2. The average Bonchev–Trinajstić information content (AvgIpc) is 3.07. The second-order valence-electron chi connectivity index (χ2n) is 5.19. The molecule has 0 spiro atoms. The van der Waals surface area contributed by atoms with Crippen molar-refractivity contribution in [3.63, 3.8) is 0 Å². The van der Waals surface area contributed by atoms with Crippen molar-refractivity contribution in [1.29, 1.82) is 0 Å². The Morgan fingerprint density at radius 3 is 2.72 bits per heavy atom. The van der Waals surface area contributed by atoms with Crippen molar-refractivity contribution in [1.82, 2.24) is 10.1 Å². The zero-order valence-electron chi connectivity index (χ0n) is 12.9. The van der Waals surface area contributed by atoms with E-state index in [1.165, 1.54) is 12.3 Å². The summed E-state index contributed by atoms with van der Waals surface area (Å²) in [6.45, 7) is 0. The molecule has 0 fully saturated rings. The number of carbonyl (C=O) groups excluding carboxylic acids is 1. The minimum Gasteiger partial charge on any atom is -0.355 e. The molecule has 0 radical (unpaired) electrons. The Morgan fingerprint density at radius 1 is 1.24 bits per heavy atom. The topological polar surface area (TPSA) is 102 Å². The molecule has 0 saturated heterocycles. The molecule has 0 saturated carbocycles. The van der Waals surface area contributed by atoms with Gasteiger partial charge in [0.05, 0.1) is 10.6 Å². The fourth-order valence-corrected chi connectivity index (χ4v) is 2.69. The summed E-state index contributed by atoms with van der Waals surface area (Å²) in [5, 5.41) is 5.92. The number of hydrogen-bond acceptors (Lipinski definition) is 6. The van der Waals surface area contributed by atoms with Gasteiger partial charge in [0, 0.05) is 30.3 Å². The molecule has 0 aliphatic rings. The van der Waals surface area contributed by atoms with E-state index in [4.69, 9.17) is 4.52 Å². The third kappa shape index (κ3) is 3.72. The number of hydrogen-bond donors (Lipinski definition) is 1. The summed E-state index contributed by atoms with van der Waals surface area (Å²) in [5.41, 5.74) is 0.279. The number of nitrogens with one attached hydrogen (secondary N) is 1. The van der Waals surface area contributed by atoms with Crippen molar-refractivity contribution in [3.8, 4) is 11.3 Å². The van der Waals surface area contributed by atoms with Crippen LogP contribution in [0.3, 0.4) is 0 Å². The first kappa shape index (κ1) is 16.8. The Hall–Kier alpha value is -3.07. The molecular formula is C16H12FN3O4S. The number of benzene rings is 1. The van der Waals surface area contributed by atoms with Gasteiger partial charge >= 0.3 is 0 Å². The molecule has 128 valence electrons. The lowest BCUT2D eigenvalue weighted by atomic mass is 10.2. The van der Waals surface area contributed by atoms with Gasteiger partial charge in [-0.3, -0.25) is 9.78 Å². The number of amides is 1. The summed E-state index contributed by atoms with van der Waals surface area (Å²) in [4.78, 5) is 16.0. The highest BCUT2D eigenvalue weighted by atomic mass is 32.2. The molecule has 0 atom stereocenters. The van der Waals surface area contributed by atoms with E-state index < -0.39 is 21.6 Å². The molecule has 0 unspecified atom stereocenters. The van der Waals surface area contributed by atoms with Gasteiger partial charge in [0.15, 0.2) is 21.3 Å². The molecule has 25 heavy (non-hydrogen) atoms. The SMILES string of the molecule is CS(=O)(=O)c1ccc(F)c(NC(=O)c2cc(-c3cccnc3)on2)c1. The van der Waals surface area contributed by atoms with E-state index >= 15 is 0 Å². The van der Waals surface area contributed by atoms with Crippen LogP contribution >= 0.6 is 0 Å². The lowest BCUT2D eigenvalue weighted by molar-refractivity contribution is 0.101. The van der Waals surface area contributed by atoms with Crippen LogP contribution in [-0.4, -0.2) is 30.7 Å². The molecule has 0 aliphatic carbocycles. The first-order valence-corrected chi connectivity index (χ1v) is 8.92. The number of carbonyl (C=O) groups is 1. The van der Waals surface area contributed by atoms with Crippen molar-refractivity contribution in [3.05, 3.63) is 60.3 Å². The fourth-order valence-electron chi connectivity index (χ4n) is 2.04. The van der Waals surface area contributed by atoms with E-state index in [2.05, 4.69) is 15.5 Å². The largest absolute Gasteiger partial charge is 0.355 e. The predicted octanol–water partition coefficient (Wildman–Crippen LogP) is 2.53. The highest BCUT2D eigenvalue weighted by Crippen LogP contribution is 2.22. The fraction of sp³-hybridized carbons (Fsp3) is 0.0625. The molecule has 9 heteroatoms. The molecular weight excluding hydrogens is 349 g/mol. The Labute approximate surface area is 142 Å². The summed E-state index contributed by atoms with van der Waals surface area (Å²) in [6, 6.07) is 7.94. The van der Waals surface area contributed by atoms with Crippen LogP contribution in [0.25, 0.3) is 11.3 Å². The molecule has 1 N–H and O–H groups in total. The molecule has 3 aromatic rings. The van der Waals surface area contributed by atoms with Gasteiger partial charge < -0.3 is 9.84 Å². The number of rotatable bonds is 4. The van der Waals surface area contributed by atoms with Crippen molar-refractivity contribution >= 4 is 21.4 Å². The molecule has 3 rings (SSSR count). The number of pyridine rings is 1. The summed E-state index contributed by atoms with van der Waals surface area (Å²) in [6.07, 6.45) is 4.12. The van der Waals surface area contributed by atoms with Crippen molar-refractivity contribution in [2.24, 2.45) is 0 Å². The second-order valence-corrected chi connectivity index (χ2v) is 7.20. The van der Waals surface area contributed by atoms with Crippen molar-refractivity contribution < 1.29 is 22.1 Å². The number of anilines is 1. The number of sulfone groups is 1. The zero-order chi connectivity index (χ0) is 18.0. The highest BCUT2D eigenvalue weighted by Gasteiger charge is 2.17. The van der Waals surface area contributed by atoms with Crippen LogP contribution in [0.2, 0.25) is 0 Å². The lowest BCUT2D eigenvalue weighted by Crippen LogP contribution is -2.14. The summed E-state index contributed by atoms with van der Waals surface area (Å²) in [5.74, 6) is -1.18. The maximum absolute atomic E-state index is 13.8. The maximum atomic E-state index is 13.8. The minimum atomic E-state index is -3.53. The van der Waals surface area contributed by atoms with E-state index in [9.17, 15) is 17.6 Å². The Kier molecular flexibility index (Phi) is 4.32. The third-order valence-electron chi connectivity index (χ3n) is 3.30. The maximum Gasteiger partial charge on any atom is 0.277 e. The Bertz CT molecular complexity index is 1030. The van der Waals surface area contributed by atoms with Gasteiger partial charge in [0.25, 0.3) is 5.91 Å². The quantitative estimate of drug-likeness (QED) is 0.717. The number of halogens is 1. The average molecular weight is 361 g/mol. The Balaban J connectivity index is 1.85. The van der Waals surface area contributed by atoms with E-state index in [1.807, 2.05) is 0 Å². The van der Waals surface area contributed by atoms with Crippen LogP contribution in [0, 0.1) is 5.82 Å². The Morgan fingerprint density at radius 2 is 2.04 bits per heavy atom. The van der Waals surface area contributed by atoms with Gasteiger partial charge in [-0.2, -0.15) is 0 Å². The van der Waals surface area contributed by atoms with E-state index in [0.717, 1.165) is 24.5 Å². The molecule has 7 nitrogen and oxygen atoms in total. The van der Waals surface area contributed by atoms with Crippen molar-refractivity contribution in [2.45, 2.75) is 4.90 Å². The minimum absolute atomic E-state index is 0.0805. The highest BCUT2D eigenvalue weighted by molar-refractivity contribution is 7.90. The van der Waals surface area contributed by atoms with E-state index in [1.54, 1.807) is 18.3 Å². The van der Waals surface area contributed by atoms with Gasteiger partial charge in [-0.15, -0.1) is 0 Å². The van der Waals surface area contributed by atoms with Gasteiger partial charge in [-0.25, -0.2) is 12.8 Å². The van der Waals surface area contributed by atoms with Gasteiger partial charge in [-0.05, 0) is 30.3 Å². The van der Waals surface area contributed by atoms with Crippen molar-refractivity contribution in [2.75, 3.05) is 11.6 Å². The molecule has 0 bridgehead atoms. The van der Waals surface area contributed by atoms with Gasteiger partial charge in [-0.1, -0.05) is 5.16 Å². The predicted molar refractivity (Wildman–Crippen MR) is 87.2 cm³/mol. The third-order valence-corrected chi connectivity index (χ3v) is 4.41. The zero-order valence-corrected chi connectivity index (χ0v) is 13.7. The van der Waals surface area contributed by atoms with Crippen LogP contribution < -0.4 is 5.32 Å². The van der Waals surface area contributed by atoms with Crippen LogP contribution in [0.5, 0.6) is 0 Å². The first-order chi connectivity index (χ1) is 11.8. The second kappa shape index (κ2) is 6.44. The molecule has 1 aromatic carbocycles. The molecule has 0 aliphatic heterocycles. The summed E-state index contributed by atoms with van der Waals surface area (Å²) < 4.78 is 42.0. The summed E-state index contributed by atoms with van der Waals surface area (Å²) in [7, 11) is -3.53. The van der Waals surface area contributed by atoms with Crippen LogP contribution in [0.4, 0.5) is 10.1 Å². The standard InChI is InChI=1S/C16H12FN3O4S/c1-25(22,23)11-4-5-12(17)13(7-11)19-16(21)14-8-15(24-20-14)10-3-2-6-18-9-10/h2-9H,1H3,(H,19,21). The smallest absolute Gasteiger partial charge is 0.277 e. The van der Waals surface area contributed by atoms with E-state index in [-0.39, 0.29) is 16.3 Å². The van der Waals surface area contributed by atoms with E-state index in [0.29, 0.717) is 11.3 Å². The lowest BCUT2D eigenvalue weighted by Gasteiger charge is -2.06. The van der Waals surface area contributed by atoms with Gasteiger partial charge in [0.2, 0.25) is 0 Å². The van der Waals surface area contributed by atoms with Crippen LogP contribution in [-0.2, 0) is 9.84 Å². The van der Waals surface area contributed by atoms with Crippen LogP contribution in [0.15, 0.2) is 58.2 Å². The monoisotopic (exact) mass is 361 g/mol. The first-order valence-electron chi connectivity index (χ1n) is 7.02. The molecule has 1 amide bonds. The van der Waals surface area contributed by atoms with Crippen LogP contribution in [0.1, 0.15) is 10.5 Å². The van der Waals surface area contributed by atoms with Gasteiger partial charge in [0.1, 0.15) is 5.82 Å².